The van der Waals surface area contributed by atoms with Crippen molar-refractivity contribution >= 4 is 17.5 Å². The highest BCUT2D eigenvalue weighted by Crippen LogP contribution is 2.23. The fraction of sp³-hybridized carbons (Fsp3) is 0.316. The minimum atomic E-state index is -0.138. The molecule has 1 aliphatic carbocycles. The summed E-state index contributed by atoms with van der Waals surface area (Å²) in [5.74, 6) is 0.436. The number of carbonyl (C=O) groups is 1. The van der Waals surface area contributed by atoms with E-state index in [1.165, 1.54) is 0 Å². The monoisotopic (exact) mass is 355 g/mol. The smallest absolute Gasteiger partial charge is 0.251 e. The van der Waals surface area contributed by atoms with E-state index in [1.807, 2.05) is 6.07 Å². The number of pyridine rings is 1. The van der Waals surface area contributed by atoms with Crippen LogP contribution in [-0.4, -0.2) is 23.0 Å². The molecule has 1 N–H and O–H groups in total. The Labute approximate surface area is 151 Å². The summed E-state index contributed by atoms with van der Waals surface area (Å²) in [7, 11) is 0. The maximum absolute atomic E-state index is 12.3. The summed E-state index contributed by atoms with van der Waals surface area (Å²) in [6.07, 6.45) is 5.08. The van der Waals surface area contributed by atoms with Crippen LogP contribution in [0, 0.1) is 11.3 Å². The maximum atomic E-state index is 12.3. The van der Waals surface area contributed by atoms with Crippen molar-refractivity contribution < 1.29 is 9.53 Å². The van der Waals surface area contributed by atoms with Gasteiger partial charge in [0.05, 0.1) is 16.7 Å². The number of carbonyl (C=O) groups excluding carboxylic acids is 1. The van der Waals surface area contributed by atoms with Gasteiger partial charge in [-0.2, -0.15) is 5.26 Å². The maximum Gasteiger partial charge on any atom is 0.251 e. The number of benzene rings is 1. The van der Waals surface area contributed by atoms with E-state index >= 15 is 0 Å². The normalized spacial score (nSPS) is 19.7. The number of amides is 1. The van der Waals surface area contributed by atoms with Gasteiger partial charge in [0.2, 0.25) is 5.88 Å². The second-order valence-electron chi connectivity index (χ2n) is 6.07. The van der Waals surface area contributed by atoms with Gasteiger partial charge in [-0.15, -0.1) is 0 Å². The third kappa shape index (κ3) is 4.71. The molecule has 1 amide bonds. The average Bonchev–Trinajstić information content (AvgIpc) is 2.65. The Morgan fingerprint density at radius 2 is 2.04 bits per heavy atom. The molecular formula is C19H18ClN3O2. The van der Waals surface area contributed by atoms with Crippen LogP contribution in [0.25, 0.3) is 0 Å². The number of ether oxygens (including phenoxy) is 1. The van der Waals surface area contributed by atoms with Crippen molar-refractivity contribution in [3.63, 3.8) is 0 Å². The lowest BCUT2D eigenvalue weighted by Crippen LogP contribution is -2.39. The molecule has 0 aliphatic heterocycles. The highest BCUT2D eigenvalue weighted by Gasteiger charge is 2.24. The number of hydrogen-bond donors (Lipinski definition) is 1. The molecule has 0 radical (unpaired) electrons. The molecule has 1 aromatic heterocycles. The lowest BCUT2D eigenvalue weighted by molar-refractivity contribution is 0.0890. The van der Waals surface area contributed by atoms with Gasteiger partial charge in [-0.3, -0.25) is 4.79 Å². The Morgan fingerprint density at radius 3 is 2.72 bits per heavy atom. The van der Waals surface area contributed by atoms with E-state index in [-0.39, 0.29) is 18.1 Å². The van der Waals surface area contributed by atoms with Crippen LogP contribution < -0.4 is 10.1 Å². The molecule has 1 heterocycles. The summed E-state index contributed by atoms with van der Waals surface area (Å²) in [5.41, 5.74) is 1.00. The van der Waals surface area contributed by atoms with E-state index in [4.69, 9.17) is 21.6 Å². The SMILES string of the molecule is N#Cc1cccc(C(=O)NC2CCC(Oc3ccc(Cl)cn3)CC2)c1. The fourth-order valence-electron chi connectivity index (χ4n) is 2.93. The van der Waals surface area contributed by atoms with Crippen molar-refractivity contribution in [1.29, 1.82) is 5.26 Å². The molecule has 0 atom stereocenters. The number of hydrogen-bond acceptors (Lipinski definition) is 4. The molecule has 0 saturated heterocycles. The lowest BCUT2D eigenvalue weighted by atomic mass is 9.92. The van der Waals surface area contributed by atoms with Gasteiger partial charge < -0.3 is 10.1 Å². The number of nitriles is 1. The summed E-state index contributed by atoms with van der Waals surface area (Å²) in [6.45, 7) is 0. The number of halogens is 1. The molecule has 6 heteroatoms. The van der Waals surface area contributed by atoms with Crippen LogP contribution in [0.4, 0.5) is 0 Å². The van der Waals surface area contributed by atoms with Crippen LogP contribution in [0.3, 0.4) is 0 Å². The van der Waals surface area contributed by atoms with Gasteiger partial charge in [0.15, 0.2) is 0 Å². The lowest BCUT2D eigenvalue weighted by Gasteiger charge is -2.29. The molecule has 1 saturated carbocycles. The molecule has 1 fully saturated rings. The Balaban J connectivity index is 1.49. The van der Waals surface area contributed by atoms with E-state index in [1.54, 1.807) is 42.6 Å². The van der Waals surface area contributed by atoms with Gasteiger partial charge in [0.1, 0.15) is 6.10 Å². The standard InChI is InChI=1S/C19H18ClN3O2/c20-15-4-9-18(22-12-15)25-17-7-5-16(6-8-17)23-19(24)14-3-1-2-13(10-14)11-21/h1-4,9-10,12,16-17H,5-8H2,(H,23,24). The second kappa shape index (κ2) is 8.00. The average molecular weight is 356 g/mol. The first kappa shape index (κ1) is 17.2. The molecule has 1 aromatic carbocycles. The highest BCUT2D eigenvalue weighted by molar-refractivity contribution is 6.30. The number of nitrogens with zero attached hydrogens (tertiary/aromatic N) is 2. The fourth-order valence-corrected chi connectivity index (χ4v) is 3.04. The van der Waals surface area contributed by atoms with Gasteiger partial charge >= 0.3 is 0 Å². The van der Waals surface area contributed by atoms with Crippen LogP contribution in [-0.2, 0) is 0 Å². The van der Waals surface area contributed by atoms with Gasteiger partial charge in [-0.1, -0.05) is 17.7 Å². The predicted octanol–water partition coefficient (Wildman–Crippen LogP) is 3.73. The number of nitrogens with one attached hydrogen (secondary N) is 1. The highest BCUT2D eigenvalue weighted by atomic mass is 35.5. The summed E-state index contributed by atoms with van der Waals surface area (Å²) in [4.78, 5) is 16.5. The van der Waals surface area contributed by atoms with E-state index in [0.717, 1.165) is 25.7 Å². The van der Waals surface area contributed by atoms with Gasteiger partial charge in [0.25, 0.3) is 5.91 Å². The summed E-state index contributed by atoms with van der Waals surface area (Å²) >= 11 is 5.82. The van der Waals surface area contributed by atoms with Crippen molar-refractivity contribution in [2.75, 3.05) is 0 Å². The Bertz CT molecular complexity index is 778. The predicted molar refractivity (Wildman–Crippen MR) is 94.5 cm³/mol. The van der Waals surface area contributed by atoms with Gasteiger partial charge in [-0.05, 0) is 49.9 Å². The first-order chi connectivity index (χ1) is 12.1. The minimum absolute atomic E-state index is 0.101. The summed E-state index contributed by atoms with van der Waals surface area (Å²) < 4.78 is 5.86. The van der Waals surface area contributed by atoms with Crippen LogP contribution in [0.15, 0.2) is 42.6 Å². The molecule has 25 heavy (non-hydrogen) atoms. The molecular weight excluding hydrogens is 338 g/mol. The van der Waals surface area contributed by atoms with Crippen molar-refractivity contribution in [3.8, 4) is 11.9 Å². The molecule has 5 nitrogen and oxygen atoms in total. The van der Waals surface area contributed by atoms with Crippen LogP contribution in [0.2, 0.25) is 5.02 Å². The topological polar surface area (TPSA) is 75.0 Å². The Morgan fingerprint density at radius 1 is 1.24 bits per heavy atom. The zero-order valence-electron chi connectivity index (χ0n) is 13.6. The van der Waals surface area contributed by atoms with Crippen molar-refractivity contribution in [1.82, 2.24) is 10.3 Å². The summed E-state index contributed by atoms with van der Waals surface area (Å²) in [5, 5.41) is 12.5. The zero-order valence-corrected chi connectivity index (χ0v) is 14.4. The molecule has 2 aromatic rings. The van der Waals surface area contributed by atoms with Crippen LogP contribution in [0.5, 0.6) is 5.88 Å². The molecule has 0 spiro atoms. The number of rotatable bonds is 4. The van der Waals surface area contributed by atoms with Crippen molar-refractivity contribution in [2.24, 2.45) is 0 Å². The summed E-state index contributed by atoms with van der Waals surface area (Å²) in [6, 6.07) is 12.4. The van der Waals surface area contributed by atoms with Gasteiger partial charge in [-0.25, -0.2) is 4.98 Å². The molecule has 0 unspecified atom stereocenters. The quantitative estimate of drug-likeness (QED) is 0.906. The van der Waals surface area contributed by atoms with Crippen molar-refractivity contribution in [3.05, 3.63) is 58.7 Å². The third-order valence-corrected chi connectivity index (χ3v) is 4.47. The van der Waals surface area contributed by atoms with E-state index in [0.29, 0.717) is 22.0 Å². The first-order valence-corrected chi connectivity index (χ1v) is 8.61. The van der Waals surface area contributed by atoms with Crippen LogP contribution >= 0.6 is 11.6 Å². The Kier molecular flexibility index (Phi) is 5.52. The minimum Gasteiger partial charge on any atom is -0.474 e. The van der Waals surface area contributed by atoms with Gasteiger partial charge in [0, 0.05) is 23.9 Å². The molecule has 3 rings (SSSR count). The largest absolute Gasteiger partial charge is 0.474 e. The Hall–Kier alpha value is -2.58. The second-order valence-corrected chi connectivity index (χ2v) is 6.51. The molecule has 1 aliphatic rings. The van der Waals surface area contributed by atoms with Crippen molar-refractivity contribution in [2.45, 2.75) is 37.8 Å². The van der Waals surface area contributed by atoms with Crippen LogP contribution in [0.1, 0.15) is 41.6 Å². The first-order valence-electron chi connectivity index (χ1n) is 8.23. The molecule has 128 valence electrons. The number of aromatic nitrogens is 1. The molecule has 0 bridgehead atoms. The zero-order chi connectivity index (χ0) is 17.6. The van der Waals surface area contributed by atoms with E-state index in [2.05, 4.69) is 10.3 Å². The van der Waals surface area contributed by atoms with E-state index in [9.17, 15) is 4.79 Å². The van der Waals surface area contributed by atoms with E-state index < -0.39 is 0 Å². The third-order valence-electron chi connectivity index (χ3n) is 4.25.